The minimum Gasteiger partial charge on any atom is -0.495 e. The highest BCUT2D eigenvalue weighted by Gasteiger charge is 2.19. The molecule has 0 saturated heterocycles. The third-order valence-electron chi connectivity index (χ3n) is 4.19. The second-order valence-corrected chi connectivity index (χ2v) is 8.88. The van der Waals surface area contributed by atoms with Crippen molar-refractivity contribution >= 4 is 78.2 Å². The molecule has 31 heavy (non-hydrogen) atoms. The first-order valence-corrected chi connectivity index (χ1v) is 11.2. The van der Waals surface area contributed by atoms with Gasteiger partial charge in [0.1, 0.15) is 5.75 Å². The zero-order valence-corrected chi connectivity index (χ0v) is 20.8. The Balaban J connectivity index is 1.83. The summed E-state index contributed by atoms with van der Waals surface area (Å²) in [6.45, 7) is 0. The summed E-state index contributed by atoms with van der Waals surface area (Å²) < 4.78 is 6.62. The van der Waals surface area contributed by atoms with Crippen molar-refractivity contribution in [2.75, 3.05) is 12.4 Å². The average Bonchev–Trinajstić information content (AvgIpc) is 2.74. The Morgan fingerprint density at radius 1 is 1.00 bits per heavy atom. The smallest absolute Gasteiger partial charge is 0.261 e. The van der Waals surface area contributed by atoms with Crippen molar-refractivity contribution in [1.29, 1.82) is 0 Å². The number of halogens is 3. The third-order valence-corrected chi connectivity index (χ3v) is 5.68. The van der Waals surface area contributed by atoms with E-state index < -0.39 is 5.91 Å². The molecule has 0 aromatic heterocycles. The predicted octanol–water partition coefficient (Wildman–Crippen LogP) is 6.23. The van der Waals surface area contributed by atoms with E-state index in [1.165, 1.54) is 7.11 Å². The highest BCUT2D eigenvalue weighted by molar-refractivity contribution is 9.11. The lowest BCUT2D eigenvalue weighted by atomic mass is 10.0. The molecule has 0 aliphatic rings. The number of carbonyl (C=O) groups excluding carboxylic acids is 2. The Hall–Kier alpha value is -2.26. The third kappa shape index (κ3) is 5.71. The molecule has 3 aromatic carbocycles. The number of carbonyl (C=O) groups is 2. The molecule has 5 nitrogen and oxygen atoms in total. The molecule has 0 radical (unpaired) electrons. The van der Waals surface area contributed by atoms with Gasteiger partial charge in [0.25, 0.3) is 5.91 Å². The minimum atomic E-state index is -0.471. The van der Waals surface area contributed by atoms with Crippen molar-refractivity contribution < 1.29 is 14.3 Å². The average molecular weight is 583 g/mol. The highest BCUT2D eigenvalue weighted by atomic mass is 79.9. The van der Waals surface area contributed by atoms with Crippen LogP contribution in [-0.2, 0) is 0 Å². The maximum Gasteiger partial charge on any atom is 0.261 e. The van der Waals surface area contributed by atoms with Gasteiger partial charge >= 0.3 is 0 Å². The Labute approximate surface area is 206 Å². The SMILES string of the molecule is COc1c(Br)cc(Br)cc1C(=O)NC(=S)Nc1ccc(Cl)cc1C(=O)c1ccccc1. The summed E-state index contributed by atoms with van der Waals surface area (Å²) in [5.41, 5.74) is 1.54. The van der Waals surface area contributed by atoms with Crippen molar-refractivity contribution in [3.8, 4) is 5.75 Å². The van der Waals surface area contributed by atoms with E-state index in [-0.39, 0.29) is 16.5 Å². The first-order valence-electron chi connectivity index (χ1n) is 8.85. The zero-order valence-electron chi connectivity index (χ0n) is 16.0. The maximum atomic E-state index is 12.9. The van der Waals surface area contributed by atoms with Crippen LogP contribution in [0.25, 0.3) is 0 Å². The van der Waals surface area contributed by atoms with Gasteiger partial charge in [0, 0.05) is 20.6 Å². The summed E-state index contributed by atoms with van der Waals surface area (Å²) in [6, 6.07) is 17.0. The number of anilines is 1. The Morgan fingerprint density at radius 2 is 1.71 bits per heavy atom. The number of ketones is 1. The molecule has 0 aliphatic carbocycles. The van der Waals surface area contributed by atoms with Crippen LogP contribution in [0.2, 0.25) is 5.02 Å². The summed E-state index contributed by atoms with van der Waals surface area (Å²) in [4.78, 5) is 25.7. The Kier molecular flexibility index (Phi) is 7.83. The summed E-state index contributed by atoms with van der Waals surface area (Å²) in [6.07, 6.45) is 0. The lowest BCUT2D eigenvalue weighted by Gasteiger charge is -2.15. The number of methoxy groups -OCH3 is 1. The summed E-state index contributed by atoms with van der Waals surface area (Å²) in [5, 5.41) is 5.95. The van der Waals surface area contributed by atoms with Crippen LogP contribution in [0.4, 0.5) is 5.69 Å². The van der Waals surface area contributed by atoms with Crippen LogP contribution in [0.5, 0.6) is 5.75 Å². The number of rotatable bonds is 5. The monoisotopic (exact) mass is 580 g/mol. The van der Waals surface area contributed by atoms with E-state index in [2.05, 4.69) is 42.5 Å². The topological polar surface area (TPSA) is 67.4 Å². The normalized spacial score (nSPS) is 10.3. The van der Waals surface area contributed by atoms with Crippen LogP contribution in [0, 0.1) is 0 Å². The van der Waals surface area contributed by atoms with Gasteiger partial charge in [-0.1, -0.05) is 57.9 Å². The molecule has 0 unspecified atom stereocenters. The van der Waals surface area contributed by atoms with Crippen molar-refractivity contribution in [2.24, 2.45) is 0 Å². The van der Waals surface area contributed by atoms with Gasteiger partial charge in [0.2, 0.25) is 0 Å². The lowest BCUT2D eigenvalue weighted by Crippen LogP contribution is -2.34. The van der Waals surface area contributed by atoms with E-state index in [0.717, 1.165) is 0 Å². The Morgan fingerprint density at radius 3 is 2.39 bits per heavy atom. The lowest BCUT2D eigenvalue weighted by molar-refractivity contribution is 0.0973. The largest absolute Gasteiger partial charge is 0.495 e. The van der Waals surface area contributed by atoms with Crippen LogP contribution in [0.3, 0.4) is 0 Å². The van der Waals surface area contributed by atoms with Gasteiger partial charge in [-0.2, -0.15) is 0 Å². The van der Waals surface area contributed by atoms with E-state index in [1.807, 2.05) is 6.07 Å². The summed E-state index contributed by atoms with van der Waals surface area (Å²) in [7, 11) is 1.47. The van der Waals surface area contributed by atoms with Crippen LogP contribution in [0.15, 0.2) is 69.6 Å². The molecule has 0 saturated carbocycles. The first-order chi connectivity index (χ1) is 14.8. The van der Waals surface area contributed by atoms with Crippen LogP contribution in [0.1, 0.15) is 26.3 Å². The standard InChI is InChI=1S/C22H15Br2ClN2O3S/c1-30-20-16(9-13(23)10-17(20)24)21(29)27-22(31)26-18-8-7-14(25)11-15(18)19(28)12-5-3-2-4-6-12/h2-11H,1H3,(H2,26,27,29,31). The molecule has 0 bridgehead atoms. The van der Waals surface area contributed by atoms with E-state index in [9.17, 15) is 9.59 Å². The molecule has 0 fully saturated rings. The molecule has 0 atom stereocenters. The van der Waals surface area contributed by atoms with E-state index in [4.69, 9.17) is 28.6 Å². The van der Waals surface area contributed by atoms with Crippen molar-refractivity contribution in [1.82, 2.24) is 5.32 Å². The van der Waals surface area contributed by atoms with Gasteiger partial charge in [-0.05, 0) is 58.5 Å². The van der Waals surface area contributed by atoms with Gasteiger partial charge < -0.3 is 10.1 Å². The molecule has 3 aromatic rings. The molecule has 0 spiro atoms. The summed E-state index contributed by atoms with van der Waals surface area (Å²) in [5.74, 6) is -0.325. The fourth-order valence-electron chi connectivity index (χ4n) is 2.82. The molecule has 2 N–H and O–H groups in total. The second-order valence-electron chi connectivity index (χ2n) is 6.26. The molecule has 0 heterocycles. The van der Waals surface area contributed by atoms with Crippen LogP contribution < -0.4 is 15.4 Å². The molecular formula is C22H15Br2ClN2O3S. The minimum absolute atomic E-state index is 0.0209. The second kappa shape index (κ2) is 10.4. The Bertz CT molecular complexity index is 1170. The fraction of sp³-hybridized carbons (Fsp3) is 0.0455. The van der Waals surface area contributed by atoms with E-state index in [1.54, 1.807) is 54.6 Å². The fourth-order valence-corrected chi connectivity index (χ4v) is 4.58. The van der Waals surface area contributed by atoms with Gasteiger partial charge in [-0.3, -0.25) is 14.9 Å². The van der Waals surface area contributed by atoms with Crippen LogP contribution in [-0.4, -0.2) is 23.9 Å². The molecule has 0 aliphatic heterocycles. The van der Waals surface area contributed by atoms with Gasteiger partial charge in [0.05, 0.1) is 22.8 Å². The summed E-state index contributed by atoms with van der Waals surface area (Å²) >= 11 is 18.1. The number of amides is 1. The maximum absolute atomic E-state index is 12.9. The number of hydrogen-bond acceptors (Lipinski definition) is 4. The van der Waals surface area contributed by atoms with Crippen molar-refractivity contribution in [3.05, 3.63) is 91.3 Å². The van der Waals surface area contributed by atoms with E-state index >= 15 is 0 Å². The van der Waals surface area contributed by atoms with Crippen LogP contribution >= 0.6 is 55.7 Å². The van der Waals surface area contributed by atoms with Gasteiger partial charge in [-0.15, -0.1) is 0 Å². The number of nitrogens with one attached hydrogen (secondary N) is 2. The number of hydrogen-bond donors (Lipinski definition) is 2. The number of ether oxygens (including phenoxy) is 1. The molecular weight excluding hydrogens is 568 g/mol. The number of thiocarbonyl (C=S) groups is 1. The molecule has 9 heteroatoms. The first kappa shape index (κ1) is 23.4. The zero-order chi connectivity index (χ0) is 22.5. The quantitative estimate of drug-likeness (QED) is 0.276. The number of benzene rings is 3. The molecule has 1 amide bonds. The predicted molar refractivity (Wildman–Crippen MR) is 133 cm³/mol. The van der Waals surface area contributed by atoms with E-state index in [0.29, 0.717) is 36.5 Å². The molecule has 158 valence electrons. The van der Waals surface area contributed by atoms with Crippen molar-refractivity contribution in [3.63, 3.8) is 0 Å². The van der Waals surface area contributed by atoms with Gasteiger partial charge in [0.15, 0.2) is 10.9 Å². The molecule has 3 rings (SSSR count). The van der Waals surface area contributed by atoms with Crippen molar-refractivity contribution in [2.45, 2.75) is 0 Å². The highest BCUT2D eigenvalue weighted by Crippen LogP contribution is 2.32. The van der Waals surface area contributed by atoms with Gasteiger partial charge in [-0.25, -0.2) is 0 Å².